The Morgan fingerprint density at radius 3 is 2.38 bits per heavy atom. The first-order valence-corrected chi connectivity index (χ1v) is 6.51. The fraction of sp³-hybridized carbons (Fsp3) is 0.250. The number of hydrogen-bond donors (Lipinski definition) is 1. The lowest BCUT2D eigenvalue weighted by Gasteiger charge is -2.26. The monoisotopic (exact) mass is 286 g/mol. The smallest absolute Gasteiger partial charge is 0.280 e. The maximum absolute atomic E-state index is 12.1. The van der Waals surface area contributed by atoms with Crippen molar-refractivity contribution in [3.05, 3.63) is 54.4 Å². The van der Waals surface area contributed by atoms with E-state index >= 15 is 0 Å². The number of benzene rings is 1. The van der Waals surface area contributed by atoms with Crippen molar-refractivity contribution in [1.29, 1.82) is 0 Å². The van der Waals surface area contributed by atoms with Gasteiger partial charge in [0.05, 0.1) is 7.11 Å². The number of ether oxygens (including phenoxy) is 1. The Hall–Kier alpha value is -2.24. The van der Waals surface area contributed by atoms with Crippen molar-refractivity contribution < 1.29 is 14.4 Å². The summed E-state index contributed by atoms with van der Waals surface area (Å²) >= 11 is 0. The normalized spacial score (nSPS) is 13.5. The molecule has 0 aliphatic carbocycles. The van der Waals surface area contributed by atoms with Crippen molar-refractivity contribution in [1.82, 2.24) is 10.5 Å². The summed E-state index contributed by atoms with van der Waals surface area (Å²) < 4.78 is 5.38. The van der Waals surface area contributed by atoms with Gasteiger partial charge in [0.1, 0.15) is 0 Å². The molecule has 1 N–H and O–H groups in total. The van der Waals surface area contributed by atoms with Crippen molar-refractivity contribution in [3.63, 3.8) is 0 Å². The average molecular weight is 286 g/mol. The van der Waals surface area contributed by atoms with Crippen LogP contribution >= 0.6 is 0 Å². The Labute approximate surface area is 123 Å². The number of nitrogens with zero attached hydrogens (tertiary/aromatic N) is 1. The summed E-state index contributed by atoms with van der Waals surface area (Å²) in [6.07, 6.45) is 3.52. The topological polar surface area (TPSA) is 60.5 Å². The van der Waals surface area contributed by atoms with E-state index in [9.17, 15) is 4.79 Å². The highest BCUT2D eigenvalue weighted by atomic mass is 16.6. The first-order valence-electron chi connectivity index (χ1n) is 6.51. The molecule has 0 saturated heterocycles. The molecule has 2 aromatic rings. The first-order chi connectivity index (χ1) is 10.1. The third kappa shape index (κ3) is 3.09. The third-order valence-electron chi connectivity index (χ3n) is 3.47. The second-order valence-corrected chi connectivity index (χ2v) is 4.69. The number of nitrogens with one attached hydrogen (secondary N) is 1. The van der Waals surface area contributed by atoms with Crippen LogP contribution in [0.2, 0.25) is 0 Å². The molecular formula is C16H18N2O3. The largest absolute Gasteiger partial charge is 0.364 e. The number of hydroxylamine groups is 1. The Balaban J connectivity index is 2.31. The summed E-state index contributed by atoms with van der Waals surface area (Å²) in [6.45, 7) is 1.69. The van der Waals surface area contributed by atoms with Crippen molar-refractivity contribution in [2.24, 2.45) is 0 Å². The molecule has 0 aliphatic heterocycles. The van der Waals surface area contributed by atoms with E-state index in [1.165, 1.54) is 14.2 Å². The van der Waals surface area contributed by atoms with Crippen LogP contribution in [0.15, 0.2) is 48.8 Å². The number of carbonyl (C=O) groups excluding carboxylic acids is 1. The van der Waals surface area contributed by atoms with Crippen LogP contribution in [0, 0.1) is 0 Å². The van der Waals surface area contributed by atoms with Crippen molar-refractivity contribution in [2.45, 2.75) is 12.5 Å². The lowest BCUT2D eigenvalue weighted by molar-refractivity contribution is -0.153. The van der Waals surface area contributed by atoms with Crippen molar-refractivity contribution in [3.8, 4) is 11.1 Å². The minimum absolute atomic E-state index is 0.360. The molecule has 0 fully saturated rings. The summed E-state index contributed by atoms with van der Waals surface area (Å²) in [5.41, 5.74) is 3.99. The third-order valence-corrected chi connectivity index (χ3v) is 3.47. The molecular weight excluding hydrogens is 268 g/mol. The molecule has 1 heterocycles. The molecule has 1 unspecified atom stereocenters. The van der Waals surface area contributed by atoms with Crippen LogP contribution in [0.3, 0.4) is 0 Å². The first kappa shape index (κ1) is 15.2. The number of rotatable bonds is 5. The molecule has 0 saturated carbocycles. The maximum atomic E-state index is 12.1. The Morgan fingerprint density at radius 2 is 1.86 bits per heavy atom. The molecule has 0 aliphatic rings. The molecule has 0 radical (unpaired) electrons. The Morgan fingerprint density at radius 1 is 1.14 bits per heavy atom. The molecule has 110 valence electrons. The van der Waals surface area contributed by atoms with E-state index in [4.69, 9.17) is 4.74 Å². The number of methoxy groups -OCH3 is 1. The van der Waals surface area contributed by atoms with Crippen molar-refractivity contribution in [2.75, 3.05) is 14.2 Å². The van der Waals surface area contributed by atoms with Gasteiger partial charge in [-0.25, -0.2) is 5.48 Å². The number of amides is 1. The van der Waals surface area contributed by atoms with Crippen LogP contribution in [0.25, 0.3) is 11.1 Å². The number of aromatic nitrogens is 1. The summed E-state index contributed by atoms with van der Waals surface area (Å²) in [5.74, 6) is -0.360. The van der Waals surface area contributed by atoms with Gasteiger partial charge in [-0.1, -0.05) is 30.3 Å². The van der Waals surface area contributed by atoms with Crippen molar-refractivity contribution >= 4 is 5.91 Å². The van der Waals surface area contributed by atoms with Crippen LogP contribution in [0.4, 0.5) is 0 Å². The zero-order valence-electron chi connectivity index (χ0n) is 12.3. The van der Waals surface area contributed by atoms with Gasteiger partial charge in [-0.05, 0) is 29.7 Å². The quantitative estimate of drug-likeness (QED) is 0.857. The van der Waals surface area contributed by atoms with E-state index in [0.717, 1.165) is 16.7 Å². The minimum Gasteiger partial charge on any atom is -0.364 e. The molecule has 5 nitrogen and oxygen atoms in total. The second-order valence-electron chi connectivity index (χ2n) is 4.69. The molecule has 21 heavy (non-hydrogen) atoms. The van der Waals surface area contributed by atoms with Gasteiger partial charge in [0.15, 0.2) is 5.60 Å². The standard InChI is InChI=1S/C16H18N2O3/c1-16(20-2,15(19)18-21-3)14-8-6-12(7-9-14)13-5-4-10-17-11-13/h4-11H,1-3H3,(H,18,19). The highest BCUT2D eigenvalue weighted by Gasteiger charge is 2.35. The fourth-order valence-electron chi connectivity index (χ4n) is 2.05. The molecule has 1 amide bonds. The van der Waals surface area contributed by atoms with Gasteiger partial charge in [0.25, 0.3) is 5.91 Å². The predicted molar refractivity (Wildman–Crippen MR) is 79.2 cm³/mol. The van der Waals surface area contributed by atoms with E-state index in [-0.39, 0.29) is 5.91 Å². The molecule has 0 spiro atoms. The molecule has 1 aromatic heterocycles. The maximum Gasteiger partial charge on any atom is 0.280 e. The molecule has 5 heteroatoms. The van der Waals surface area contributed by atoms with Gasteiger partial charge in [-0.2, -0.15) is 0 Å². The molecule has 1 aromatic carbocycles. The van der Waals surface area contributed by atoms with Crippen LogP contribution in [-0.2, 0) is 20.0 Å². The summed E-state index contributed by atoms with van der Waals surface area (Å²) in [7, 11) is 2.88. The Kier molecular flexibility index (Phi) is 4.67. The van der Waals surface area contributed by atoms with Gasteiger partial charge in [-0.15, -0.1) is 0 Å². The van der Waals surface area contributed by atoms with E-state index in [2.05, 4.69) is 15.3 Å². The Bertz CT molecular complexity index is 599. The second kappa shape index (κ2) is 6.47. The highest BCUT2D eigenvalue weighted by Crippen LogP contribution is 2.27. The average Bonchev–Trinajstić information content (AvgIpc) is 2.55. The van der Waals surface area contributed by atoms with Crippen LogP contribution in [0.1, 0.15) is 12.5 Å². The van der Waals surface area contributed by atoms with E-state index in [0.29, 0.717) is 0 Å². The van der Waals surface area contributed by atoms with Crippen LogP contribution < -0.4 is 5.48 Å². The highest BCUT2D eigenvalue weighted by molar-refractivity contribution is 5.85. The predicted octanol–water partition coefficient (Wildman–Crippen LogP) is 2.29. The van der Waals surface area contributed by atoms with Crippen LogP contribution in [0.5, 0.6) is 0 Å². The summed E-state index contributed by atoms with van der Waals surface area (Å²) in [4.78, 5) is 20.9. The van der Waals surface area contributed by atoms with Gasteiger partial charge in [0, 0.05) is 19.5 Å². The van der Waals surface area contributed by atoms with Gasteiger partial charge in [0.2, 0.25) is 0 Å². The lowest BCUT2D eigenvalue weighted by atomic mass is 9.93. The zero-order chi connectivity index (χ0) is 15.3. The minimum atomic E-state index is -1.11. The fourth-order valence-corrected chi connectivity index (χ4v) is 2.05. The van der Waals surface area contributed by atoms with E-state index in [1.54, 1.807) is 19.3 Å². The number of pyridine rings is 1. The number of hydrogen-bond acceptors (Lipinski definition) is 4. The zero-order valence-corrected chi connectivity index (χ0v) is 12.3. The van der Waals surface area contributed by atoms with E-state index in [1.807, 2.05) is 36.4 Å². The van der Waals surface area contributed by atoms with E-state index < -0.39 is 5.60 Å². The van der Waals surface area contributed by atoms with Gasteiger partial charge in [-0.3, -0.25) is 14.6 Å². The van der Waals surface area contributed by atoms with Crippen LogP contribution in [-0.4, -0.2) is 25.1 Å². The lowest BCUT2D eigenvalue weighted by Crippen LogP contribution is -2.43. The summed E-state index contributed by atoms with van der Waals surface area (Å²) in [6, 6.07) is 11.5. The SMILES string of the molecule is CONC(=O)C(C)(OC)c1ccc(-c2cccnc2)cc1. The number of carbonyl (C=O) groups is 1. The van der Waals surface area contributed by atoms with Gasteiger partial charge >= 0.3 is 0 Å². The van der Waals surface area contributed by atoms with Gasteiger partial charge < -0.3 is 4.74 Å². The molecule has 1 atom stereocenters. The molecule has 0 bridgehead atoms. The summed E-state index contributed by atoms with van der Waals surface area (Å²) in [5, 5.41) is 0. The molecule has 2 rings (SSSR count).